The van der Waals surface area contributed by atoms with Crippen LogP contribution in [0.3, 0.4) is 0 Å². The molecule has 6 nitrogen and oxygen atoms in total. The molecule has 1 atom stereocenters. The Balaban J connectivity index is 1.80. The van der Waals surface area contributed by atoms with Crippen LogP contribution in [0, 0.1) is 0 Å². The fraction of sp³-hybridized carbons (Fsp3) is 0.292. The third kappa shape index (κ3) is 6.17. The van der Waals surface area contributed by atoms with Crippen molar-refractivity contribution in [2.75, 3.05) is 6.54 Å². The van der Waals surface area contributed by atoms with Crippen molar-refractivity contribution >= 4 is 41.4 Å². The van der Waals surface area contributed by atoms with Gasteiger partial charge in [-0.25, -0.2) is 4.79 Å². The topological polar surface area (TPSA) is 75.7 Å². The molecule has 2 aromatic carbocycles. The van der Waals surface area contributed by atoms with Crippen molar-refractivity contribution in [3.8, 4) is 0 Å². The maximum absolute atomic E-state index is 13.3. The first kappa shape index (κ1) is 23.9. The number of amides is 3. The fourth-order valence-corrected chi connectivity index (χ4v) is 4.97. The molecule has 0 aliphatic carbocycles. The minimum Gasteiger partial charge on any atom is -0.444 e. The largest absolute Gasteiger partial charge is 0.444 e. The summed E-state index contributed by atoms with van der Waals surface area (Å²) < 4.78 is 5.25. The summed E-state index contributed by atoms with van der Waals surface area (Å²) in [5.41, 5.74) is -0.632. The quantitative estimate of drug-likeness (QED) is 0.570. The van der Waals surface area contributed by atoms with Gasteiger partial charge in [-0.2, -0.15) is 0 Å². The summed E-state index contributed by atoms with van der Waals surface area (Å²) in [4.78, 5) is 42.4. The minimum absolute atomic E-state index is 0.0962. The first-order chi connectivity index (χ1) is 15.2. The van der Waals surface area contributed by atoms with Gasteiger partial charge < -0.3 is 10.1 Å². The normalized spacial score (nSPS) is 15.2. The monoisotopic (exact) mass is 470 g/mol. The van der Waals surface area contributed by atoms with E-state index in [0.717, 1.165) is 9.79 Å². The third-order valence-electron chi connectivity index (χ3n) is 4.34. The number of imide groups is 1. The van der Waals surface area contributed by atoms with E-state index in [4.69, 9.17) is 4.74 Å². The van der Waals surface area contributed by atoms with Gasteiger partial charge in [-0.05, 0) is 52.0 Å². The predicted molar refractivity (Wildman–Crippen MR) is 127 cm³/mol. The lowest BCUT2D eigenvalue weighted by Gasteiger charge is -2.25. The van der Waals surface area contributed by atoms with Crippen molar-refractivity contribution in [2.45, 2.75) is 49.1 Å². The molecule has 1 heterocycles. The van der Waals surface area contributed by atoms with Crippen LogP contribution in [0.25, 0.3) is 0 Å². The van der Waals surface area contributed by atoms with Crippen LogP contribution < -0.4 is 5.32 Å². The molecule has 1 N–H and O–H groups in total. The highest BCUT2D eigenvalue weighted by Gasteiger charge is 2.42. The van der Waals surface area contributed by atoms with Crippen LogP contribution in [-0.4, -0.2) is 41.0 Å². The molecule has 2 aromatic rings. The predicted octanol–water partition coefficient (Wildman–Crippen LogP) is 5.06. The number of carbonyl (C=O) groups excluding carboxylic acids is 3. The average Bonchev–Trinajstić information content (AvgIpc) is 2.96. The molecule has 32 heavy (non-hydrogen) atoms. The smallest absolute Gasteiger partial charge is 0.407 e. The van der Waals surface area contributed by atoms with Crippen molar-refractivity contribution < 1.29 is 19.1 Å². The number of thioether (sulfide) groups is 2. The Morgan fingerprint density at radius 1 is 0.906 bits per heavy atom. The van der Waals surface area contributed by atoms with Gasteiger partial charge in [0.05, 0.1) is 15.9 Å². The number of hydrogen-bond acceptors (Lipinski definition) is 6. The van der Waals surface area contributed by atoms with E-state index >= 15 is 0 Å². The maximum atomic E-state index is 13.3. The molecule has 1 aliphatic heterocycles. The van der Waals surface area contributed by atoms with Crippen molar-refractivity contribution in [3.63, 3.8) is 0 Å². The highest BCUT2D eigenvalue weighted by molar-refractivity contribution is 8.08. The minimum atomic E-state index is -0.632. The van der Waals surface area contributed by atoms with E-state index in [1.165, 1.54) is 28.4 Å². The van der Waals surface area contributed by atoms with E-state index in [1.807, 2.05) is 60.7 Å². The number of nitrogens with zero attached hydrogens (tertiary/aromatic N) is 1. The SMILES string of the molecule is C[C@@H](CNC(=O)OC(C)(C)C)N1C(=O)C(Sc2ccccc2)=C(Sc2ccccc2)C1=O. The van der Waals surface area contributed by atoms with Crippen molar-refractivity contribution in [3.05, 3.63) is 70.5 Å². The average molecular weight is 471 g/mol. The lowest BCUT2D eigenvalue weighted by molar-refractivity contribution is -0.139. The molecule has 0 spiro atoms. The third-order valence-corrected chi connectivity index (χ3v) is 6.65. The molecule has 0 fully saturated rings. The Bertz CT molecular complexity index is 954. The zero-order chi connectivity index (χ0) is 23.3. The van der Waals surface area contributed by atoms with Gasteiger partial charge in [0.2, 0.25) is 0 Å². The van der Waals surface area contributed by atoms with Gasteiger partial charge in [-0.1, -0.05) is 59.9 Å². The number of carbonyl (C=O) groups is 3. The molecule has 0 bridgehead atoms. The summed E-state index contributed by atoms with van der Waals surface area (Å²) in [5.74, 6) is -0.721. The summed E-state index contributed by atoms with van der Waals surface area (Å²) in [6.45, 7) is 7.14. The second kappa shape index (κ2) is 10.3. The number of nitrogens with one attached hydrogen (secondary N) is 1. The maximum Gasteiger partial charge on any atom is 0.407 e. The van der Waals surface area contributed by atoms with Gasteiger partial charge in [0.15, 0.2) is 0 Å². The summed E-state index contributed by atoms with van der Waals surface area (Å²) >= 11 is 2.56. The number of rotatable bonds is 7. The molecule has 0 saturated heterocycles. The summed E-state index contributed by atoms with van der Waals surface area (Å²) in [7, 11) is 0. The summed E-state index contributed by atoms with van der Waals surface area (Å²) in [6, 6.07) is 18.4. The molecule has 0 saturated carbocycles. The van der Waals surface area contributed by atoms with Gasteiger partial charge in [0.1, 0.15) is 5.60 Å². The summed E-state index contributed by atoms with van der Waals surface area (Å²) in [5, 5.41) is 2.65. The van der Waals surface area contributed by atoms with Crippen LogP contribution in [0.5, 0.6) is 0 Å². The van der Waals surface area contributed by atoms with E-state index in [0.29, 0.717) is 9.81 Å². The molecule has 168 valence electrons. The van der Waals surface area contributed by atoms with Crippen molar-refractivity contribution in [1.29, 1.82) is 0 Å². The zero-order valence-electron chi connectivity index (χ0n) is 18.5. The zero-order valence-corrected chi connectivity index (χ0v) is 20.1. The Morgan fingerprint density at radius 2 is 1.34 bits per heavy atom. The second-order valence-corrected chi connectivity index (χ2v) is 10.4. The summed E-state index contributed by atoms with van der Waals surface area (Å²) in [6.07, 6.45) is -0.589. The van der Waals surface area contributed by atoms with Gasteiger partial charge >= 0.3 is 6.09 Å². The Hall–Kier alpha value is -2.71. The molecule has 0 radical (unpaired) electrons. The Kier molecular flexibility index (Phi) is 7.69. The van der Waals surface area contributed by atoms with E-state index in [1.54, 1.807) is 27.7 Å². The van der Waals surface area contributed by atoms with Crippen LogP contribution >= 0.6 is 23.5 Å². The molecule has 0 unspecified atom stereocenters. The lowest BCUT2D eigenvalue weighted by Crippen LogP contribution is -2.46. The number of ether oxygens (including phenoxy) is 1. The standard InChI is InChI=1S/C24H26N2O4S2/c1-16(15-25-23(29)30-24(2,3)4)26-21(27)19(31-17-11-7-5-8-12-17)20(22(26)28)32-18-13-9-6-10-14-18/h5-14,16H,15H2,1-4H3,(H,25,29)/t16-/m0/s1. The van der Waals surface area contributed by atoms with Crippen LogP contribution in [0.1, 0.15) is 27.7 Å². The fourth-order valence-electron chi connectivity index (χ4n) is 2.93. The van der Waals surface area contributed by atoms with Crippen LogP contribution in [0.2, 0.25) is 0 Å². The molecule has 3 amide bonds. The molecule has 0 aromatic heterocycles. The molecule has 3 rings (SSSR count). The van der Waals surface area contributed by atoms with Crippen molar-refractivity contribution in [2.24, 2.45) is 0 Å². The van der Waals surface area contributed by atoms with Gasteiger partial charge in [0, 0.05) is 16.3 Å². The Labute approximate surface area is 196 Å². The van der Waals surface area contributed by atoms with Crippen molar-refractivity contribution in [1.82, 2.24) is 10.2 Å². The highest BCUT2D eigenvalue weighted by atomic mass is 32.2. The van der Waals surface area contributed by atoms with Crippen LogP contribution in [0.4, 0.5) is 4.79 Å². The van der Waals surface area contributed by atoms with E-state index < -0.39 is 17.7 Å². The van der Waals surface area contributed by atoms with E-state index in [-0.39, 0.29) is 18.4 Å². The van der Waals surface area contributed by atoms with Gasteiger partial charge in [0.25, 0.3) is 11.8 Å². The molecule has 8 heteroatoms. The van der Waals surface area contributed by atoms with Gasteiger partial charge in [-0.15, -0.1) is 0 Å². The van der Waals surface area contributed by atoms with Gasteiger partial charge in [-0.3, -0.25) is 14.5 Å². The number of benzene rings is 2. The molecular weight excluding hydrogens is 444 g/mol. The first-order valence-electron chi connectivity index (χ1n) is 10.2. The van der Waals surface area contributed by atoms with E-state index in [2.05, 4.69) is 5.32 Å². The number of hydrogen-bond donors (Lipinski definition) is 1. The molecule has 1 aliphatic rings. The highest BCUT2D eigenvalue weighted by Crippen LogP contribution is 2.42. The molecular formula is C24H26N2O4S2. The first-order valence-corrected chi connectivity index (χ1v) is 11.8. The van der Waals surface area contributed by atoms with Crippen LogP contribution in [0.15, 0.2) is 80.3 Å². The second-order valence-electron chi connectivity index (χ2n) is 8.20. The van der Waals surface area contributed by atoms with E-state index in [9.17, 15) is 14.4 Å². The number of alkyl carbamates (subject to hydrolysis) is 1. The Morgan fingerprint density at radius 3 is 1.75 bits per heavy atom. The lowest BCUT2D eigenvalue weighted by atomic mass is 10.2. The van der Waals surface area contributed by atoms with Crippen LogP contribution in [-0.2, 0) is 14.3 Å².